The fraction of sp³-hybridized carbons (Fsp3) is 0.429. The van der Waals surface area contributed by atoms with Crippen molar-refractivity contribution in [3.05, 3.63) is 35.4 Å². The molecule has 0 aromatic heterocycles. The lowest BCUT2D eigenvalue weighted by Crippen LogP contribution is -2.28. The maximum Gasteiger partial charge on any atom is 0.224 e. The van der Waals surface area contributed by atoms with Gasteiger partial charge in [-0.05, 0) is 12.0 Å². The SMILES string of the molecule is CCCC(=O)N(C)COCc1ccc(C(N)=NO)cc1. The third-order valence-corrected chi connectivity index (χ3v) is 2.80. The number of oxime groups is 1. The van der Waals surface area contributed by atoms with E-state index in [2.05, 4.69) is 5.16 Å². The molecule has 0 saturated heterocycles. The van der Waals surface area contributed by atoms with Gasteiger partial charge in [0.25, 0.3) is 0 Å². The van der Waals surface area contributed by atoms with E-state index >= 15 is 0 Å². The molecule has 0 saturated carbocycles. The second-order valence-electron chi connectivity index (χ2n) is 4.50. The molecule has 110 valence electrons. The minimum atomic E-state index is 0.0716. The molecule has 0 aliphatic heterocycles. The van der Waals surface area contributed by atoms with Crippen LogP contribution in [-0.4, -0.2) is 35.6 Å². The van der Waals surface area contributed by atoms with Crippen LogP contribution in [0.3, 0.4) is 0 Å². The number of nitrogens with zero attached hydrogens (tertiary/aromatic N) is 2. The highest BCUT2D eigenvalue weighted by molar-refractivity contribution is 5.96. The number of carbonyl (C=O) groups excluding carboxylic acids is 1. The van der Waals surface area contributed by atoms with Gasteiger partial charge in [0.2, 0.25) is 5.91 Å². The third kappa shape index (κ3) is 4.89. The van der Waals surface area contributed by atoms with E-state index in [0.717, 1.165) is 12.0 Å². The van der Waals surface area contributed by atoms with E-state index in [1.807, 2.05) is 19.1 Å². The maximum atomic E-state index is 11.5. The van der Waals surface area contributed by atoms with E-state index in [0.29, 0.717) is 18.6 Å². The summed E-state index contributed by atoms with van der Waals surface area (Å²) in [6.45, 7) is 2.64. The summed E-state index contributed by atoms with van der Waals surface area (Å²) in [5.41, 5.74) is 7.07. The number of rotatable bonds is 7. The fourth-order valence-electron chi connectivity index (χ4n) is 1.61. The fourth-order valence-corrected chi connectivity index (χ4v) is 1.61. The molecule has 1 aromatic carbocycles. The highest BCUT2D eigenvalue weighted by Crippen LogP contribution is 2.06. The number of benzene rings is 1. The quantitative estimate of drug-likeness (QED) is 0.260. The molecule has 1 amide bonds. The number of carbonyl (C=O) groups is 1. The van der Waals surface area contributed by atoms with Crippen LogP contribution in [-0.2, 0) is 16.1 Å². The van der Waals surface area contributed by atoms with Crippen molar-refractivity contribution in [3.8, 4) is 0 Å². The summed E-state index contributed by atoms with van der Waals surface area (Å²) in [5.74, 6) is 0.150. The molecule has 0 aliphatic carbocycles. The van der Waals surface area contributed by atoms with Gasteiger partial charge in [-0.3, -0.25) is 4.79 Å². The summed E-state index contributed by atoms with van der Waals surface area (Å²) in [5, 5.41) is 11.5. The van der Waals surface area contributed by atoms with Crippen LogP contribution in [0.1, 0.15) is 30.9 Å². The molecule has 0 aliphatic rings. The number of amidine groups is 1. The number of ether oxygens (including phenoxy) is 1. The minimum absolute atomic E-state index is 0.0716. The van der Waals surface area contributed by atoms with Gasteiger partial charge in [-0.2, -0.15) is 0 Å². The van der Waals surface area contributed by atoms with E-state index < -0.39 is 0 Å². The van der Waals surface area contributed by atoms with Crippen LogP contribution in [0, 0.1) is 0 Å². The molecule has 0 bridgehead atoms. The van der Waals surface area contributed by atoms with Gasteiger partial charge < -0.3 is 20.6 Å². The lowest BCUT2D eigenvalue weighted by atomic mass is 10.1. The molecule has 0 atom stereocenters. The van der Waals surface area contributed by atoms with E-state index in [1.165, 1.54) is 0 Å². The monoisotopic (exact) mass is 279 g/mol. The number of nitrogens with two attached hydrogens (primary N) is 1. The molecule has 6 heteroatoms. The summed E-state index contributed by atoms with van der Waals surface area (Å²) >= 11 is 0. The number of amides is 1. The summed E-state index contributed by atoms with van der Waals surface area (Å²) in [6.07, 6.45) is 1.37. The Bertz CT molecular complexity index is 457. The first-order valence-electron chi connectivity index (χ1n) is 6.47. The molecular weight excluding hydrogens is 258 g/mol. The van der Waals surface area contributed by atoms with E-state index in [4.69, 9.17) is 15.7 Å². The Morgan fingerprint density at radius 3 is 2.60 bits per heavy atom. The largest absolute Gasteiger partial charge is 0.409 e. The average molecular weight is 279 g/mol. The van der Waals surface area contributed by atoms with Gasteiger partial charge in [-0.1, -0.05) is 36.3 Å². The molecule has 0 heterocycles. The van der Waals surface area contributed by atoms with Crippen molar-refractivity contribution in [1.82, 2.24) is 4.90 Å². The third-order valence-electron chi connectivity index (χ3n) is 2.80. The van der Waals surface area contributed by atoms with Gasteiger partial charge in [0.15, 0.2) is 5.84 Å². The zero-order chi connectivity index (χ0) is 15.0. The van der Waals surface area contributed by atoms with Gasteiger partial charge in [0, 0.05) is 19.0 Å². The van der Waals surface area contributed by atoms with Gasteiger partial charge >= 0.3 is 0 Å². The minimum Gasteiger partial charge on any atom is -0.409 e. The zero-order valence-electron chi connectivity index (χ0n) is 11.9. The first kappa shape index (κ1) is 16.0. The summed E-state index contributed by atoms with van der Waals surface area (Å²) in [6, 6.07) is 7.17. The second kappa shape index (κ2) is 8.16. The Hall–Kier alpha value is -2.08. The van der Waals surface area contributed by atoms with E-state index in [-0.39, 0.29) is 18.5 Å². The predicted molar refractivity (Wildman–Crippen MR) is 76.3 cm³/mol. The van der Waals surface area contributed by atoms with Crippen molar-refractivity contribution >= 4 is 11.7 Å². The molecule has 20 heavy (non-hydrogen) atoms. The topological polar surface area (TPSA) is 88.2 Å². The van der Waals surface area contributed by atoms with Crippen molar-refractivity contribution in [2.45, 2.75) is 26.4 Å². The highest BCUT2D eigenvalue weighted by atomic mass is 16.5. The number of hydrogen-bond donors (Lipinski definition) is 2. The van der Waals surface area contributed by atoms with Crippen LogP contribution >= 0.6 is 0 Å². The standard InChI is InChI=1S/C14H21N3O3/c1-3-4-13(18)17(2)10-20-9-11-5-7-12(8-6-11)14(15)16-19/h5-8,19H,3-4,9-10H2,1-2H3,(H2,15,16). The molecule has 1 rings (SSSR count). The van der Waals surface area contributed by atoms with Crippen molar-refractivity contribution in [1.29, 1.82) is 0 Å². The van der Waals surface area contributed by atoms with Crippen molar-refractivity contribution < 1.29 is 14.7 Å². The molecule has 0 radical (unpaired) electrons. The van der Waals surface area contributed by atoms with Crippen molar-refractivity contribution in [2.75, 3.05) is 13.8 Å². The van der Waals surface area contributed by atoms with Gasteiger partial charge in [-0.15, -0.1) is 0 Å². The molecule has 0 unspecified atom stereocenters. The maximum absolute atomic E-state index is 11.5. The first-order chi connectivity index (χ1) is 9.58. The Morgan fingerprint density at radius 1 is 1.40 bits per heavy atom. The molecule has 0 fully saturated rings. The van der Waals surface area contributed by atoms with Gasteiger partial charge in [-0.25, -0.2) is 0 Å². The summed E-state index contributed by atoms with van der Waals surface area (Å²) < 4.78 is 5.47. The Kier molecular flexibility index (Phi) is 6.52. The molecule has 3 N–H and O–H groups in total. The lowest BCUT2D eigenvalue weighted by molar-refractivity contribution is -0.135. The normalized spacial score (nSPS) is 11.4. The molecule has 1 aromatic rings. The van der Waals surface area contributed by atoms with E-state index in [1.54, 1.807) is 24.1 Å². The lowest BCUT2D eigenvalue weighted by Gasteiger charge is -2.16. The van der Waals surface area contributed by atoms with Crippen LogP contribution in [0.4, 0.5) is 0 Å². The van der Waals surface area contributed by atoms with Crippen LogP contribution in [0.5, 0.6) is 0 Å². The first-order valence-corrected chi connectivity index (χ1v) is 6.47. The van der Waals surface area contributed by atoms with Crippen LogP contribution in [0.15, 0.2) is 29.4 Å². The van der Waals surface area contributed by atoms with E-state index in [9.17, 15) is 4.79 Å². The van der Waals surface area contributed by atoms with Crippen molar-refractivity contribution in [2.24, 2.45) is 10.9 Å². The highest BCUT2D eigenvalue weighted by Gasteiger charge is 2.06. The predicted octanol–water partition coefficient (Wildman–Crippen LogP) is 1.51. The van der Waals surface area contributed by atoms with Crippen LogP contribution in [0.25, 0.3) is 0 Å². The zero-order valence-corrected chi connectivity index (χ0v) is 11.9. The Morgan fingerprint density at radius 2 is 2.05 bits per heavy atom. The van der Waals surface area contributed by atoms with Crippen molar-refractivity contribution in [3.63, 3.8) is 0 Å². The second-order valence-corrected chi connectivity index (χ2v) is 4.50. The van der Waals surface area contributed by atoms with Crippen LogP contribution in [0.2, 0.25) is 0 Å². The number of hydrogen-bond acceptors (Lipinski definition) is 4. The smallest absolute Gasteiger partial charge is 0.224 e. The van der Waals surface area contributed by atoms with Gasteiger partial charge in [0.05, 0.1) is 6.61 Å². The average Bonchev–Trinajstić information content (AvgIpc) is 2.47. The van der Waals surface area contributed by atoms with Crippen LogP contribution < -0.4 is 5.73 Å². The molecular formula is C14H21N3O3. The summed E-state index contributed by atoms with van der Waals surface area (Å²) in [7, 11) is 1.72. The Balaban J connectivity index is 2.41. The Labute approximate surface area is 118 Å². The molecule has 6 nitrogen and oxygen atoms in total. The van der Waals surface area contributed by atoms with Gasteiger partial charge in [0.1, 0.15) is 6.73 Å². The molecule has 0 spiro atoms. The summed E-state index contributed by atoms with van der Waals surface area (Å²) in [4.78, 5) is 13.1.